The lowest BCUT2D eigenvalue weighted by atomic mass is 10.1. The zero-order valence-electron chi connectivity index (χ0n) is 10.3. The molecule has 0 saturated carbocycles. The van der Waals surface area contributed by atoms with Crippen molar-refractivity contribution in [2.45, 2.75) is 24.4 Å². The minimum atomic E-state index is -0.740. The van der Waals surface area contributed by atoms with Crippen molar-refractivity contribution >= 4 is 5.69 Å². The van der Waals surface area contributed by atoms with Crippen LogP contribution in [0.5, 0.6) is 5.75 Å². The van der Waals surface area contributed by atoms with Crippen molar-refractivity contribution in [1.82, 2.24) is 0 Å². The molecular formula is C12H12FNO6. The largest absolute Gasteiger partial charge is 0.478 e. The summed E-state index contributed by atoms with van der Waals surface area (Å²) in [6.07, 6.45) is -2.37. The Labute approximate surface area is 113 Å². The van der Waals surface area contributed by atoms with Gasteiger partial charge in [0.25, 0.3) is 0 Å². The van der Waals surface area contributed by atoms with Crippen LogP contribution in [-0.2, 0) is 9.47 Å². The number of fused-ring (bicyclic) bond motifs is 1. The van der Waals surface area contributed by atoms with Gasteiger partial charge in [0.15, 0.2) is 11.9 Å². The molecule has 8 heteroatoms. The summed E-state index contributed by atoms with van der Waals surface area (Å²) in [5.41, 5.74) is -0.326. The summed E-state index contributed by atoms with van der Waals surface area (Å²) in [5.74, 6) is -0.803. The van der Waals surface area contributed by atoms with E-state index in [2.05, 4.69) is 0 Å². The second-order valence-electron chi connectivity index (χ2n) is 4.69. The Kier molecular flexibility index (Phi) is 3.28. The molecule has 1 aromatic carbocycles. The van der Waals surface area contributed by atoms with Crippen molar-refractivity contribution in [2.24, 2.45) is 0 Å². The van der Waals surface area contributed by atoms with Crippen molar-refractivity contribution in [3.05, 3.63) is 34.1 Å². The maximum atomic E-state index is 13.2. The van der Waals surface area contributed by atoms with Crippen molar-refractivity contribution in [2.75, 3.05) is 13.2 Å². The van der Waals surface area contributed by atoms with Crippen LogP contribution in [0.3, 0.4) is 0 Å². The molecule has 0 aromatic heterocycles. The Bertz CT molecular complexity index is 539. The van der Waals surface area contributed by atoms with Crippen molar-refractivity contribution in [3.63, 3.8) is 0 Å². The number of benzene rings is 1. The maximum absolute atomic E-state index is 13.2. The minimum Gasteiger partial charge on any atom is -0.478 e. The summed E-state index contributed by atoms with van der Waals surface area (Å²) in [6.45, 7) is 0.250. The standard InChI is InChI=1S/C12H12FNO6/c13-6-1-2-7(14(16)17)9(3-6)20-10-5-19-11-8(15)4-18-12(10)11/h1-3,8,10-12,15H,4-5H2/t8-,10-,11-,12-/m1/s1. The molecule has 0 aliphatic carbocycles. The molecule has 4 atom stereocenters. The summed E-state index contributed by atoms with van der Waals surface area (Å²) in [4.78, 5) is 10.2. The predicted octanol–water partition coefficient (Wildman–Crippen LogP) is 0.640. The van der Waals surface area contributed by atoms with Gasteiger partial charge < -0.3 is 19.3 Å². The number of nitro groups is 1. The molecule has 2 aliphatic heterocycles. The van der Waals surface area contributed by atoms with E-state index in [-0.39, 0.29) is 24.7 Å². The molecule has 2 saturated heterocycles. The maximum Gasteiger partial charge on any atom is 0.311 e. The summed E-state index contributed by atoms with van der Waals surface area (Å²) in [6, 6.07) is 2.99. The van der Waals surface area contributed by atoms with Gasteiger partial charge in [0.1, 0.15) is 24.1 Å². The Morgan fingerprint density at radius 3 is 2.85 bits per heavy atom. The molecule has 2 fully saturated rings. The molecule has 2 aliphatic rings. The molecule has 1 aromatic rings. The lowest BCUT2D eigenvalue weighted by molar-refractivity contribution is -0.386. The summed E-state index contributed by atoms with van der Waals surface area (Å²) >= 11 is 0. The third-order valence-electron chi connectivity index (χ3n) is 3.38. The van der Waals surface area contributed by atoms with Gasteiger partial charge in [-0.3, -0.25) is 10.1 Å². The van der Waals surface area contributed by atoms with Crippen LogP contribution in [0.2, 0.25) is 0 Å². The van der Waals surface area contributed by atoms with E-state index in [1.807, 2.05) is 0 Å². The first-order chi connectivity index (χ1) is 9.56. The monoisotopic (exact) mass is 285 g/mol. The van der Waals surface area contributed by atoms with E-state index < -0.39 is 35.2 Å². The number of ether oxygens (including phenoxy) is 3. The van der Waals surface area contributed by atoms with E-state index in [9.17, 15) is 19.6 Å². The van der Waals surface area contributed by atoms with Crippen LogP contribution in [0.1, 0.15) is 0 Å². The Morgan fingerprint density at radius 2 is 2.10 bits per heavy atom. The van der Waals surface area contributed by atoms with E-state index in [1.54, 1.807) is 0 Å². The molecule has 20 heavy (non-hydrogen) atoms. The molecule has 3 rings (SSSR count). The fourth-order valence-corrected chi connectivity index (χ4v) is 2.44. The highest BCUT2D eigenvalue weighted by Gasteiger charge is 2.48. The number of nitro benzene ring substituents is 1. The van der Waals surface area contributed by atoms with Crippen LogP contribution in [0, 0.1) is 15.9 Å². The number of aliphatic hydroxyl groups excluding tert-OH is 1. The van der Waals surface area contributed by atoms with E-state index in [0.29, 0.717) is 0 Å². The van der Waals surface area contributed by atoms with E-state index >= 15 is 0 Å². The van der Waals surface area contributed by atoms with Crippen LogP contribution in [0.4, 0.5) is 10.1 Å². The third-order valence-corrected chi connectivity index (χ3v) is 3.38. The Morgan fingerprint density at radius 1 is 1.35 bits per heavy atom. The Balaban J connectivity index is 1.81. The lowest BCUT2D eigenvalue weighted by Crippen LogP contribution is -2.34. The highest BCUT2D eigenvalue weighted by atomic mass is 19.1. The number of hydrogen-bond donors (Lipinski definition) is 1. The number of rotatable bonds is 3. The van der Waals surface area contributed by atoms with Gasteiger partial charge in [-0.05, 0) is 6.07 Å². The quantitative estimate of drug-likeness (QED) is 0.647. The van der Waals surface area contributed by atoms with Crippen molar-refractivity contribution < 1.29 is 28.6 Å². The van der Waals surface area contributed by atoms with Crippen molar-refractivity contribution in [3.8, 4) is 5.75 Å². The molecule has 7 nitrogen and oxygen atoms in total. The number of hydrogen-bond acceptors (Lipinski definition) is 6. The first-order valence-electron chi connectivity index (χ1n) is 6.08. The fourth-order valence-electron chi connectivity index (χ4n) is 2.44. The van der Waals surface area contributed by atoms with E-state index in [1.165, 1.54) is 0 Å². The van der Waals surface area contributed by atoms with E-state index in [4.69, 9.17) is 14.2 Å². The van der Waals surface area contributed by atoms with Crippen LogP contribution in [-0.4, -0.2) is 47.7 Å². The zero-order chi connectivity index (χ0) is 14.3. The molecule has 1 N–H and O–H groups in total. The SMILES string of the molecule is O=[N+]([O-])c1ccc(F)cc1O[C@@H]1CO[C@H]2[C@@H]1OC[C@H]2O. The third kappa shape index (κ3) is 2.21. The van der Waals surface area contributed by atoms with Gasteiger partial charge in [0.2, 0.25) is 0 Å². The van der Waals surface area contributed by atoms with E-state index in [0.717, 1.165) is 18.2 Å². The first-order valence-corrected chi connectivity index (χ1v) is 6.08. The fraction of sp³-hybridized carbons (Fsp3) is 0.500. The molecule has 0 bridgehead atoms. The molecule has 108 valence electrons. The highest BCUT2D eigenvalue weighted by Crippen LogP contribution is 2.33. The van der Waals surface area contributed by atoms with Gasteiger partial charge in [-0.1, -0.05) is 0 Å². The van der Waals surface area contributed by atoms with Crippen molar-refractivity contribution in [1.29, 1.82) is 0 Å². The topological polar surface area (TPSA) is 91.1 Å². The molecule has 2 heterocycles. The smallest absolute Gasteiger partial charge is 0.311 e. The first kappa shape index (κ1) is 13.2. The predicted molar refractivity (Wildman–Crippen MR) is 63.0 cm³/mol. The van der Waals surface area contributed by atoms with Gasteiger partial charge >= 0.3 is 5.69 Å². The minimum absolute atomic E-state index is 0.125. The summed E-state index contributed by atoms with van der Waals surface area (Å²) in [7, 11) is 0. The van der Waals surface area contributed by atoms with Crippen LogP contribution in [0.15, 0.2) is 18.2 Å². The molecule has 0 spiro atoms. The van der Waals surface area contributed by atoms with Crippen LogP contribution >= 0.6 is 0 Å². The normalized spacial score (nSPS) is 32.1. The second kappa shape index (κ2) is 4.97. The number of nitrogens with zero attached hydrogens (tertiary/aromatic N) is 1. The van der Waals surface area contributed by atoms with Crippen LogP contribution in [0.25, 0.3) is 0 Å². The second-order valence-corrected chi connectivity index (χ2v) is 4.69. The zero-order valence-corrected chi connectivity index (χ0v) is 10.3. The van der Waals surface area contributed by atoms with Crippen LogP contribution < -0.4 is 4.74 Å². The van der Waals surface area contributed by atoms with Gasteiger partial charge in [0, 0.05) is 12.1 Å². The summed E-state index contributed by atoms with van der Waals surface area (Å²) < 4.78 is 29.4. The molecule has 0 unspecified atom stereocenters. The van der Waals surface area contributed by atoms with Gasteiger partial charge in [-0.15, -0.1) is 0 Å². The van der Waals surface area contributed by atoms with Gasteiger partial charge in [0.05, 0.1) is 18.1 Å². The average molecular weight is 285 g/mol. The molecule has 0 radical (unpaired) electrons. The highest BCUT2D eigenvalue weighted by molar-refractivity contribution is 5.46. The summed E-state index contributed by atoms with van der Waals surface area (Å²) in [5, 5.41) is 20.5. The molecular weight excluding hydrogens is 273 g/mol. The van der Waals surface area contributed by atoms with Gasteiger partial charge in [-0.25, -0.2) is 4.39 Å². The number of aliphatic hydroxyl groups is 1. The average Bonchev–Trinajstić information content (AvgIpc) is 2.94. The lowest BCUT2D eigenvalue weighted by Gasteiger charge is -2.17. The van der Waals surface area contributed by atoms with Gasteiger partial charge in [-0.2, -0.15) is 0 Å². The Hall–Kier alpha value is -1.77. The molecule has 0 amide bonds. The number of halogens is 1.